The lowest BCUT2D eigenvalue weighted by atomic mass is 10.1. The molecule has 34 heavy (non-hydrogen) atoms. The van der Waals surface area contributed by atoms with Crippen LogP contribution in [0.25, 0.3) is 0 Å². The molecule has 5 rings (SSSR count). The molecule has 1 N–H and O–H groups in total. The first-order valence-electron chi connectivity index (χ1n) is 11.5. The Morgan fingerprint density at radius 2 is 1.65 bits per heavy atom. The van der Waals surface area contributed by atoms with E-state index >= 15 is 0 Å². The molecular weight excluding hydrogens is 560 g/mol. The summed E-state index contributed by atoms with van der Waals surface area (Å²) in [5.41, 5.74) is 3.07. The fourth-order valence-corrected chi connectivity index (χ4v) is 4.68. The summed E-state index contributed by atoms with van der Waals surface area (Å²) < 4.78 is 7.42. The maximum Gasteiger partial charge on any atom is 0.410 e. The number of benzene rings is 1. The van der Waals surface area contributed by atoms with E-state index in [-0.39, 0.29) is 12.1 Å². The Morgan fingerprint density at radius 3 is 2.26 bits per heavy atom. The summed E-state index contributed by atoms with van der Waals surface area (Å²) in [6.07, 6.45) is 7.74. The number of carbonyl (C=O) groups excluding carboxylic acids is 1. The van der Waals surface area contributed by atoms with Crippen molar-refractivity contribution in [3.63, 3.8) is 0 Å². The topological polar surface area (TPSA) is 67.3 Å². The third-order valence-corrected chi connectivity index (χ3v) is 6.89. The molecule has 0 radical (unpaired) electrons. The third-order valence-electron chi connectivity index (χ3n) is 5.95. The Labute approximate surface area is 217 Å². The molecule has 0 aliphatic carbocycles. The summed E-state index contributed by atoms with van der Waals surface area (Å²) in [6, 6.07) is 18.2. The van der Waals surface area contributed by atoms with Gasteiger partial charge in [0.25, 0.3) is 0 Å². The Bertz CT molecular complexity index is 1040. The van der Waals surface area contributed by atoms with E-state index in [2.05, 4.69) is 53.2 Å². The van der Waals surface area contributed by atoms with Crippen molar-refractivity contribution >= 4 is 38.0 Å². The van der Waals surface area contributed by atoms with Gasteiger partial charge in [0.1, 0.15) is 6.61 Å². The predicted molar refractivity (Wildman–Crippen MR) is 139 cm³/mol. The molecule has 3 aromatic rings. The van der Waals surface area contributed by atoms with Gasteiger partial charge in [-0.2, -0.15) is 0 Å². The highest BCUT2D eigenvalue weighted by Crippen LogP contribution is 2.31. The Morgan fingerprint density at radius 1 is 0.941 bits per heavy atom. The molecule has 2 unspecified atom stereocenters. The predicted octanol–water partition coefficient (Wildman–Crippen LogP) is 6.59. The van der Waals surface area contributed by atoms with Crippen LogP contribution in [0.1, 0.15) is 54.7 Å². The molecule has 8 heteroatoms. The van der Waals surface area contributed by atoms with E-state index in [4.69, 9.17) is 4.74 Å². The van der Waals surface area contributed by atoms with Crippen molar-refractivity contribution in [2.75, 3.05) is 13.1 Å². The van der Waals surface area contributed by atoms with Crippen LogP contribution in [0.2, 0.25) is 0 Å². The molecule has 2 atom stereocenters. The molecule has 1 aromatic carbocycles. The van der Waals surface area contributed by atoms with Gasteiger partial charge in [-0.3, -0.25) is 14.9 Å². The summed E-state index contributed by atoms with van der Waals surface area (Å²) in [5, 5.41) is 3.41. The van der Waals surface area contributed by atoms with Crippen molar-refractivity contribution in [3.05, 3.63) is 92.9 Å². The van der Waals surface area contributed by atoms with Gasteiger partial charge in [-0.05, 0) is 93.9 Å². The number of hydrogen-bond acceptors (Lipinski definition) is 5. The van der Waals surface area contributed by atoms with Crippen LogP contribution in [0.3, 0.4) is 0 Å². The Hall–Kier alpha value is -2.29. The Kier molecular flexibility index (Phi) is 9.07. The van der Waals surface area contributed by atoms with Crippen LogP contribution >= 0.6 is 31.9 Å². The molecule has 2 fully saturated rings. The number of carbonyl (C=O) groups is 1. The standard InChI is InChI=1S/C17H17BrN2O2.C9H11BrN2/c18-14-8-9-15(19-11-14)16-7-4-10-20(16)17(21)22-12-13-5-2-1-3-6-13;10-7-3-4-9(12-6-7)8-2-1-5-11-8/h1-3,5-6,8-9,11,16H,4,7,10,12H2;3-4,6,8,11H,1-2,5H2. The SMILES string of the molecule is Brc1ccc(C2CCCN2)nc1.O=C(OCc1ccccc1)N1CCCC1c1ccc(Br)cn1. The highest BCUT2D eigenvalue weighted by molar-refractivity contribution is 9.10. The van der Waals surface area contributed by atoms with Gasteiger partial charge >= 0.3 is 6.09 Å². The number of pyridine rings is 2. The molecule has 2 aromatic heterocycles. The highest BCUT2D eigenvalue weighted by Gasteiger charge is 2.31. The van der Waals surface area contributed by atoms with E-state index in [1.807, 2.05) is 54.7 Å². The fourth-order valence-electron chi connectivity index (χ4n) is 4.21. The summed E-state index contributed by atoms with van der Waals surface area (Å²) in [7, 11) is 0. The number of amides is 1. The summed E-state index contributed by atoms with van der Waals surface area (Å²) >= 11 is 6.75. The molecule has 2 saturated heterocycles. The monoisotopic (exact) mass is 586 g/mol. The second-order valence-electron chi connectivity index (χ2n) is 8.34. The van der Waals surface area contributed by atoms with Gasteiger partial charge < -0.3 is 10.1 Å². The number of halogens is 2. The van der Waals surface area contributed by atoms with Crippen molar-refractivity contribution in [2.45, 2.75) is 44.4 Å². The van der Waals surface area contributed by atoms with Crippen molar-refractivity contribution in [1.29, 1.82) is 0 Å². The molecule has 2 aliphatic heterocycles. The van der Waals surface area contributed by atoms with E-state index in [9.17, 15) is 4.79 Å². The summed E-state index contributed by atoms with van der Waals surface area (Å²) in [5.74, 6) is 0. The number of hydrogen-bond donors (Lipinski definition) is 1. The van der Waals surface area contributed by atoms with Crippen LogP contribution in [-0.2, 0) is 11.3 Å². The van der Waals surface area contributed by atoms with Crippen LogP contribution in [0.4, 0.5) is 4.79 Å². The smallest absolute Gasteiger partial charge is 0.410 e. The second kappa shape index (κ2) is 12.4. The highest BCUT2D eigenvalue weighted by atomic mass is 79.9. The van der Waals surface area contributed by atoms with E-state index in [0.29, 0.717) is 12.6 Å². The lowest BCUT2D eigenvalue weighted by Gasteiger charge is -2.23. The normalized spacial score (nSPS) is 19.4. The number of nitrogens with zero attached hydrogens (tertiary/aromatic N) is 3. The number of aromatic nitrogens is 2. The summed E-state index contributed by atoms with van der Waals surface area (Å²) in [4.78, 5) is 22.9. The van der Waals surface area contributed by atoms with E-state index in [1.165, 1.54) is 12.8 Å². The van der Waals surface area contributed by atoms with Crippen LogP contribution in [0.15, 0.2) is 75.9 Å². The largest absolute Gasteiger partial charge is 0.445 e. The number of nitrogens with one attached hydrogen (secondary N) is 1. The minimum Gasteiger partial charge on any atom is -0.445 e. The molecule has 0 saturated carbocycles. The quantitative estimate of drug-likeness (QED) is 0.373. The molecular formula is C26H28Br2N4O2. The van der Waals surface area contributed by atoms with E-state index < -0.39 is 0 Å². The number of likely N-dealkylation sites (tertiary alicyclic amines) is 1. The summed E-state index contributed by atoms with van der Waals surface area (Å²) in [6.45, 7) is 2.15. The van der Waals surface area contributed by atoms with Gasteiger partial charge in [0.2, 0.25) is 0 Å². The Balaban J connectivity index is 0.000000192. The third kappa shape index (κ3) is 6.87. The lowest BCUT2D eigenvalue weighted by molar-refractivity contribution is 0.0915. The van der Waals surface area contributed by atoms with E-state index in [0.717, 1.165) is 51.8 Å². The molecule has 0 spiro atoms. The average molecular weight is 588 g/mol. The van der Waals surface area contributed by atoms with E-state index in [1.54, 1.807) is 11.1 Å². The van der Waals surface area contributed by atoms with Crippen molar-refractivity contribution in [2.24, 2.45) is 0 Å². The molecule has 6 nitrogen and oxygen atoms in total. The maximum atomic E-state index is 12.3. The lowest BCUT2D eigenvalue weighted by Crippen LogP contribution is -2.31. The molecule has 178 valence electrons. The minimum absolute atomic E-state index is 0.0105. The van der Waals surface area contributed by atoms with Gasteiger partial charge in [-0.25, -0.2) is 4.79 Å². The average Bonchev–Trinajstić information content (AvgIpc) is 3.58. The van der Waals surface area contributed by atoms with Gasteiger partial charge in [0.15, 0.2) is 0 Å². The van der Waals surface area contributed by atoms with Crippen LogP contribution < -0.4 is 5.32 Å². The van der Waals surface area contributed by atoms with Gasteiger partial charge in [-0.1, -0.05) is 30.3 Å². The van der Waals surface area contributed by atoms with Gasteiger partial charge in [0.05, 0.1) is 17.4 Å². The van der Waals surface area contributed by atoms with Crippen LogP contribution in [0.5, 0.6) is 0 Å². The minimum atomic E-state index is -0.268. The van der Waals surface area contributed by atoms with Gasteiger partial charge in [0, 0.05) is 33.9 Å². The van der Waals surface area contributed by atoms with Crippen molar-refractivity contribution in [3.8, 4) is 0 Å². The van der Waals surface area contributed by atoms with Crippen molar-refractivity contribution in [1.82, 2.24) is 20.2 Å². The van der Waals surface area contributed by atoms with Crippen LogP contribution in [0, 0.1) is 0 Å². The molecule has 4 heterocycles. The maximum absolute atomic E-state index is 12.3. The van der Waals surface area contributed by atoms with Crippen molar-refractivity contribution < 1.29 is 9.53 Å². The molecule has 2 aliphatic rings. The first kappa shape index (κ1) is 24.8. The second-order valence-corrected chi connectivity index (χ2v) is 10.2. The van der Waals surface area contributed by atoms with Gasteiger partial charge in [-0.15, -0.1) is 0 Å². The van der Waals surface area contributed by atoms with Crippen LogP contribution in [-0.4, -0.2) is 34.1 Å². The molecule has 1 amide bonds. The zero-order valence-corrected chi connectivity index (χ0v) is 22.0. The fraction of sp³-hybridized carbons (Fsp3) is 0.346. The number of ether oxygens (including phenoxy) is 1. The molecule has 0 bridgehead atoms. The zero-order chi connectivity index (χ0) is 23.8. The first-order chi connectivity index (χ1) is 16.6. The zero-order valence-electron chi connectivity index (χ0n) is 18.9. The number of rotatable bonds is 4. The first-order valence-corrected chi connectivity index (χ1v) is 13.1.